The van der Waals surface area contributed by atoms with Crippen molar-refractivity contribution >= 4 is 45.8 Å². The van der Waals surface area contributed by atoms with Gasteiger partial charge in [0.25, 0.3) is 0 Å². The van der Waals surface area contributed by atoms with Crippen LogP contribution in [0.25, 0.3) is 21.8 Å². The van der Waals surface area contributed by atoms with Crippen LogP contribution in [0.5, 0.6) is 0 Å². The number of ether oxygens (including phenoxy) is 2. The number of pyridine rings is 2. The molecule has 2 unspecified atom stereocenters. The Hall–Kier alpha value is -6.90. The normalized spacial score (nSPS) is 14.2. The van der Waals surface area contributed by atoms with E-state index in [0.717, 1.165) is 32.9 Å². The summed E-state index contributed by atoms with van der Waals surface area (Å²) in [7, 11) is 0. The molecule has 0 aliphatic carbocycles. The number of hydrogen-bond donors (Lipinski definition) is 6. The SMILES string of the molecule is CC(C)[C@H](NC(=O)OCc1ccc2ccccc2n1)C(=O)N[C@@H](Cc1ccccc1)C(O)C(O)[C@H](Cc1ccccc1)NC(=O)[C@@H](NC(=O)OCc1ccc2ccccc2n1)C(C)C. The predicted octanol–water partition coefficient (Wildman–Crippen LogP) is 6.16. The fraction of sp³-hybridized carbons (Fsp3) is 0.320. The molecule has 0 radical (unpaired) electrons. The van der Waals surface area contributed by atoms with Crippen molar-refractivity contribution < 1.29 is 38.9 Å². The number of aromatic nitrogens is 2. The number of amides is 4. The minimum atomic E-state index is -1.64. The Kier molecular flexibility index (Phi) is 16.3. The number of aliphatic hydroxyl groups excluding tert-OH is 2. The number of rotatable bonds is 19. The summed E-state index contributed by atoms with van der Waals surface area (Å²) in [6, 6.07) is 36.3. The summed E-state index contributed by atoms with van der Waals surface area (Å²) >= 11 is 0. The predicted molar refractivity (Wildman–Crippen MR) is 244 cm³/mol. The Morgan fingerprint density at radius 3 is 1.22 bits per heavy atom. The number of para-hydroxylation sites is 2. The lowest BCUT2D eigenvalue weighted by Crippen LogP contribution is -2.61. The van der Waals surface area contributed by atoms with Crippen LogP contribution in [-0.2, 0) is 45.1 Å². The molecular formula is C50H56N6O8. The number of aliphatic hydroxyl groups is 2. The van der Waals surface area contributed by atoms with Crippen LogP contribution in [0.2, 0.25) is 0 Å². The van der Waals surface area contributed by atoms with E-state index >= 15 is 0 Å². The Bertz CT molecular complexity index is 2310. The number of nitrogens with zero attached hydrogens (tertiary/aromatic N) is 2. The Morgan fingerprint density at radius 1 is 0.484 bits per heavy atom. The number of carbonyl (C=O) groups is 4. The van der Waals surface area contributed by atoms with E-state index in [9.17, 15) is 29.4 Å². The van der Waals surface area contributed by atoms with Gasteiger partial charge in [0.05, 0.1) is 34.5 Å². The number of benzene rings is 4. The summed E-state index contributed by atoms with van der Waals surface area (Å²) in [6.45, 7) is 6.77. The van der Waals surface area contributed by atoms with Crippen molar-refractivity contribution in [2.45, 2.75) is 90.1 Å². The molecule has 0 saturated heterocycles. The molecule has 2 heterocycles. The third kappa shape index (κ3) is 13.1. The van der Waals surface area contributed by atoms with E-state index in [2.05, 4.69) is 31.2 Å². The molecule has 64 heavy (non-hydrogen) atoms. The van der Waals surface area contributed by atoms with Crippen molar-refractivity contribution in [3.63, 3.8) is 0 Å². The molecule has 4 aromatic carbocycles. The molecule has 0 aliphatic heterocycles. The van der Waals surface area contributed by atoms with Gasteiger partial charge >= 0.3 is 12.2 Å². The minimum Gasteiger partial charge on any atom is -0.443 e. The number of fused-ring (bicyclic) bond motifs is 2. The van der Waals surface area contributed by atoms with Gasteiger partial charge in [0, 0.05) is 10.8 Å². The third-order valence-electron chi connectivity index (χ3n) is 10.9. The van der Waals surface area contributed by atoms with Gasteiger partial charge in [-0.05, 0) is 60.1 Å². The highest BCUT2D eigenvalue weighted by molar-refractivity contribution is 5.87. The van der Waals surface area contributed by atoms with Gasteiger partial charge in [-0.25, -0.2) is 19.6 Å². The molecule has 334 valence electrons. The minimum absolute atomic E-state index is 0.0911. The van der Waals surface area contributed by atoms with E-state index in [1.165, 1.54) is 0 Å². The second-order valence-electron chi connectivity index (χ2n) is 16.5. The van der Waals surface area contributed by atoms with Gasteiger partial charge in [-0.2, -0.15) is 0 Å². The smallest absolute Gasteiger partial charge is 0.408 e. The first-order valence-electron chi connectivity index (χ1n) is 21.4. The standard InChI is InChI=1S/C50H56N6O8/c1-31(2)43(55-49(61)63-29-37-25-23-35-19-11-13-21-39(35)51-37)47(59)53-41(27-33-15-7-5-8-16-33)45(57)46(58)42(28-34-17-9-6-10-18-34)54-48(60)44(32(3)4)56-50(62)64-30-38-26-24-36-20-12-14-22-40(36)52-38/h5-26,31-32,41-46,57-58H,27-30H2,1-4H3,(H,53,59)(H,54,60)(H,55,61)(H,56,62)/t41-,42-,43-,44-,45?,46?/m0/s1. The van der Waals surface area contributed by atoms with Crippen molar-refractivity contribution in [1.82, 2.24) is 31.2 Å². The molecule has 0 spiro atoms. The van der Waals surface area contributed by atoms with E-state index in [1.54, 1.807) is 39.8 Å². The monoisotopic (exact) mass is 868 g/mol. The highest BCUT2D eigenvalue weighted by Gasteiger charge is 2.38. The lowest BCUT2D eigenvalue weighted by Gasteiger charge is -2.35. The van der Waals surface area contributed by atoms with Crippen LogP contribution < -0.4 is 21.3 Å². The molecule has 14 heteroatoms. The van der Waals surface area contributed by atoms with Crippen molar-refractivity contribution in [3.05, 3.63) is 156 Å². The molecule has 0 saturated carbocycles. The molecule has 4 amide bonds. The number of nitrogens with one attached hydrogen (secondary N) is 4. The van der Waals surface area contributed by atoms with Gasteiger partial charge in [-0.15, -0.1) is 0 Å². The Morgan fingerprint density at radius 2 is 0.844 bits per heavy atom. The summed E-state index contributed by atoms with van der Waals surface area (Å²) < 4.78 is 10.9. The van der Waals surface area contributed by atoms with Gasteiger partial charge in [0.2, 0.25) is 11.8 Å². The van der Waals surface area contributed by atoms with Crippen LogP contribution in [-0.4, -0.2) is 80.6 Å². The van der Waals surface area contributed by atoms with Crippen molar-refractivity contribution in [1.29, 1.82) is 0 Å². The van der Waals surface area contributed by atoms with E-state index in [0.29, 0.717) is 11.4 Å². The number of hydrogen-bond acceptors (Lipinski definition) is 10. The fourth-order valence-electron chi connectivity index (χ4n) is 7.33. The maximum atomic E-state index is 14.1. The van der Waals surface area contributed by atoms with E-state index < -0.39 is 72.2 Å². The molecule has 0 bridgehead atoms. The average molecular weight is 869 g/mol. The summed E-state index contributed by atoms with van der Waals surface area (Å²) in [6.07, 6.45) is -4.76. The molecule has 0 aliphatic rings. The first-order chi connectivity index (χ1) is 30.8. The van der Waals surface area contributed by atoms with Crippen molar-refractivity contribution in [2.24, 2.45) is 11.8 Å². The summed E-state index contributed by atoms with van der Waals surface area (Å²) in [5.74, 6) is -2.06. The molecular weight excluding hydrogens is 813 g/mol. The maximum absolute atomic E-state index is 14.1. The molecule has 6 N–H and O–H groups in total. The zero-order chi connectivity index (χ0) is 45.6. The summed E-state index contributed by atoms with van der Waals surface area (Å²) in [4.78, 5) is 63.4. The van der Waals surface area contributed by atoms with Crippen LogP contribution >= 0.6 is 0 Å². The number of carbonyl (C=O) groups excluding carboxylic acids is 4. The highest BCUT2D eigenvalue weighted by Crippen LogP contribution is 2.18. The van der Waals surface area contributed by atoms with Gasteiger partial charge in [-0.1, -0.05) is 137 Å². The average Bonchev–Trinajstić information content (AvgIpc) is 3.30. The number of alkyl carbamates (subject to hydrolysis) is 2. The van der Waals surface area contributed by atoms with E-state index in [1.807, 2.05) is 121 Å². The Labute approximate surface area is 372 Å². The quantitative estimate of drug-likeness (QED) is 0.0548. The fourth-order valence-corrected chi connectivity index (χ4v) is 7.33. The largest absolute Gasteiger partial charge is 0.443 e. The molecule has 0 fully saturated rings. The first-order valence-corrected chi connectivity index (χ1v) is 21.4. The first kappa shape index (κ1) is 46.6. The highest BCUT2D eigenvalue weighted by atomic mass is 16.6. The lowest BCUT2D eigenvalue weighted by molar-refractivity contribution is -0.129. The molecule has 6 rings (SSSR count). The van der Waals surface area contributed by atoms with Gasteiger partial charge < -0.3 is 41.0 Å². The zero-order valence-electron chi connectivity index (χ0n) is 36.4. The second kappa shape index (κ2) is 22.5. The Balaban J connectivity index is 1.15. The molecule has 6 atom stereocenters. The second-order valence-corrected chi connectivity index (χ2v) is 16.5. The van der Waals surface area contributed by atoms with Crippen LogP contribution in [0.1, 0.15) is 50.2 Å². The summed E-state index contributed by atoms with van der Waals surface area (Å²) in [5, 5.41) is 37.0. The third-order valence-corrected chi connectivity index (χ3v) is 10.9. The van der Waals surface area contributed by atoms with Gasteiger partial charge in [0.1, 0.15) is 37.5 Å². The summed E-state index contributed by atoms with van der Waals surface area (Å²) in [5.41, 5.74) is 4.06. The van der Waals surface area contributed by atoms with Crippen LogP contribution in [0.4, 0.5) is 9.59 Å². The molecule has 14 nitrogen and oxygen atoms in total. The van der Waals surface area contributed by atoms with Crippen molar-refractivity contribution in [3.8, 4) is 0 Å². The van der Waals surface area contributed by atoms with Crippen LogP contribution in [0.15, 0.2) is 133 Å². The van der Waals surface area contributed by atoms with Gasteiger partial charge in [0.15, 0.2) is 0 Å². The van der Waals surface area contributed by atoms with E-state index in [4.69, 9.17) is 9.47 Å². The van der Waals surface area contributed by atoms with E-state index in [-0.39, 0.29) is 26.1 Å². The van der Waals surface area contributed by atoms with Gasteiger partial charge in [-0.3, -0.25) is 9.59 Å². The topological polar surface area (TPSA) is 201 Å². The molecule has 6 aromatic rings. The van der Waals surface area contributed by atoms with Crippen molar-refractivity contribution in [2.75, 3.05) is 0 Å². The molecule has 2 aromatic heterocycles. The van der Waals surface area contributed by atoms with Crippen LogP contribution in [0.3, 0.4) is 0 Å². The van der Waals surface area contributed by atoms with Crippen LogP contribution in [0, 0.1) is 11.8 Å². The lowest BCUT2D eigenvalue weighted by atomic mass is 9.90. The maximum Gasteiger partial charge on any atom is 0.408 e. The zero-order valence-corrected chi connectivity index (χ0v) is 36.4.